The van der Waals surface area contributed by atoms with E-state index >= 15 is 0 Å². The lowest BCUT2D eigenvalue weighted by molar-refractivity contribution is 0.0923. The lowest BCUT2D eigenvalue weighted by atomic mass is 9.86. The van der Waals surface area contributed by atoms with Crippen molar-refractivity contribution in [1.82, 2.24) is 4.90 Å². The number of rotatable bonds is 8. The highest BCUT2D eigenvalue weighted by molar-refractivity contribution is 5.39. The molecule has 1 atom stereocenters. The molecule has 1 aliphatic rings. The summed E-state index contributed by atoms with van der Waals surface area (Å²) in [6, 6.07) is 7.50. The molecule has 0 bridgehead atoms. The van der Waals surface area contributed by atoms with Crippen molar-refractivity contribution in [3.63, 3.8) is 0 Å². The van der Waals surface area contributed by atoms with Crippen LogP contribution in [0, 0.1) is 0 Å². The van der Waals surface area contributed by atoms with E-state index in [0.29, 0.717) is 6.04 Å². The summed E-state index contributed by atoms with van der Waals surface area (Å²) in [6.45, 7) is 10.5. The predicted octanol–water partition coefficient (Wildman–Crippen LogP) is 3.59. The van der Waals surface area contributed by atoms with Crippen LogP contribution in [0.25, 0.3) is 0 Å². The topological polar surface area (TPSA) is 12.5 Å². The monoisotopic (exact) mass is 261 g/mol. The maximum atomic E-state index is 5.61. The van der Waals surface area contributed by atoms with Crippen LogP contribution in [-0.4, -0.2) is 31.2 Å². The van der Waals surface area contributed by atoms with Gasteiger partial charge in [-0.25, -0.2) is 0 Å². The molecule has 2 heteroatoms. The molecular weight excluding hydrogens is 234 g/mol. The second-order valence-corrected chi connectivity index (χ2v) is 5.45. The smallest absolute Gasteiger partial charge is 0.0593 e. The summed E-state index contributed by atoms with van der Waals surface area (Å²) >= 11 is 0. The van der Waals surface area contributed by atoms with Gasteiger partial charge in [-0.1, -0.05) is 32.0 Å². The van der Waals surface area contributed by atoms with E-state index in [4.69, 9.17) is 4.74 Å². The van der Waals surface area contributed by atoms with E-state index in [1.165, 1.54) is 18.4 Å². The van der Waals surface area contributed by atoms with Gasteiger partial charge in [0.2, 0.25) is 0 Å². The van der Waals surface area contributed by atoms with Crippen molar-refractivity contribution >= 4 is 0 Å². The third-order valence-electron chi connectivity index (χ3n) is 4.20. The van der Waals surface area contributed by atoms with Crippen molar-refractivity contribution in [3.05, 3.63) is 34.9 Å². The standard InChI is InChI=1S/C17H27NO/c1-4-11-19-12-10-18(5-2)14(3)16-8-6-15-7-9-17(15)13-16/h6,8,13-14H,4-5,7,9-12H2,1-3H3. The van der Waals surface area contributed by atoms with Crippen LogP contribution in [0.4, 0.5) is 0 Å². The number of nitrogens with zero attached hydrogens (tertiary/aromatic N) is 1. The van der Waals surface area contributed by atoms with E-state index in [0.717, 1.165) is 32.7 Å². The molecule has 0 aromatic heterocycles. The number of hydrogen-bond donors (Lipinski definition) is 0. The Labute approximate surface area is 117 Å². The van der Waals surface area contributed by atoms with Gasteiger partial charge >= 0.3 is 0 Å². The summed E-state index contributed by atoms with van der Waals surface area (Å²) in [5.41, 5.74) is 4.56. The number of benzene rings is 1. The molecule has 2 rings (SSSR count). The first-order chi connectivity index (χ1) is 9.26. The Bertz CT molecular complexity index is 402. The van der Waals surface area contributed by atoms with Crippen LogP contribution in [-0.2, 0) is 17.6 Å². The van der Waals surface area contributed by atoms with Crippen molar-refractivity contribution in [2.45, 2.75) is 46.1 Å². The molecule has 0 heterocycles. The zero-order valence-electron chi connectivity index (χ0n) is 12.6. The van der Waals surface area contributed by atoms with Gasteiger partial charge in [0.05, 0.1) is 6.61 Å². The SMILES string of the molecule is CCCOCCN(CC)C(C)c1ccc2c(c1)CC2. The van der Waals surface area contributed by atoms with Crippen LogP contribution in [0.15, 0.2) is 18.2 Å². The van der Waals surface area contributed by atoms with Gasteiger partial charge in [-0.05, 0) is 49.4 Å². The first kappa shape index (κ1) is 14.5. The molecule has 0 saturated heterocycles. The lowest BCUT2D eigenvalue weighted by Gasteiger charge is -2.30. The van der Waals surface area contributed by atoms with Crippen LogP contribution >= 0.6 is 0 Å². The van der Waals surface area contributed by atoms with Gasteiger partial charge in [0.1, 0.15) is 0 Å². The van der Waals surface area contributed by atoms with Crippen LogP contribution < -0.4 is 0 Å². The van der Waals surface area contributed by atoms with Gasteiger partial charge in [0.15, 0.2) is 0 Å². The van der Waals surface area contributed by atoms with E-state index in [1.807, 2.05) is 0 Å². The minimum Gasteiger partial charge on any atom is -0.380 e. The molecule has 0 N–H and O–H groups in total. The summed E-state index contributed by atoms with van der Waals surface area (Å²) in [6.07, 6.45) is 3.64. The maximum Gasteiger partial charge on any atom is 0.0593 e. The summed E-state index contributed by atoms with van der Waals surface area (Å²) in [4.78, 5) is 2.50. The van der Waals surface area contributed by atoms with Gasteiger partial charge in [-0.2, -0.15) is 0 Å². The van der Waals surface area contributed by atoms with Crippen LogP contribution in [0.5, 0.6) is 0 Å². The van der Waals surface area contributed by atoms with E-state index in [9.17, 15) is 0 Å². The molecule has 0 fully saturated rings. The van der Waals surface area contributed by atoms with Gasteiger partial charge in [-0.15, -0.1) is 0 Å². The normalized spacial score (nSPS) is 15.2. The average molecular weight is 261 g/mol. The van der Waals surface area contributed by atoms with Gasteiger partial charge < -0.3 is 4.74 Å². The molecule has 106 valence electrons. The van der Waals surface area contributed by atoms with Gasteiger partial charge in [0.25, 0.3) is 0 Å². The highest BCUT2D eigenvalue weighted by Crippen LogP contribution is 2.28. The third-order valence-corrected chi connectivity index (χ3v) is 4.20. The van der Waals surface area contributed by atoms with Crippen molar-refractivity contribution < 1.29 is 4.74 Å². The van der Waals surface area contributed by atoms with E-state index < -0.39 is 0 Å². The fourth-order valence-corrected chi connectivity index (χ4v) is 2.74. The molecule has 2 nitrogen and oxygen atoms in total. The third kappa shape index (κ3) is 3.58. The summed E-state index contributed by atoms with van der Waals surface area (Å²) in [5.74, 6) is 0. The fourth-order valence-electron chi connectivity index (χ4n) is 2.74. The number of fused-ring (bicyclic) bond motifs is 1. The summed E-state index contributed by atoms with van der Waals surface area (Å²) in [5, 5.41) is 0. The molecular formula is C17H27NO. The Morgan fingerprint density at radius 2 is 1.95 bits per heavy atom. The highest BCUT2D eigenvalue weighted by atomic mass is 16.5. The molecule has 1 unspecified atom stereocenters. The van der Waals surface area contributed by atoms with Gasteiger partial charge in [-0.3, -0.25) is 4.90 Å². The van der Waals surface area contributed by atoms with E-state index in [2.05, 4.69) is 43.9 Å². The Morgan fingerprint density at radius 1 is 1.16 bits per heavy atom. The first-order valence-electron chi connectivity index (χ1n) is 7.69. The summed E-state index contributed by atoms with van der Waals surface area (Å²) in [7, 11) is 0. The fraction of sp³-hybridized carbons (Fsp3) is 0.647. The zero-order chi connectivity index (χ0) is 13.7. The lowest BCUT2D eigenvalue weighted by Crippen LogP contribution is -2.30. The molecule has 1 aromatic rings. The van der Waals surface area contributed by atoms with Gasteiger partial charge in [0, 0.05) is 19.2 Å². The Hall–Kier alpha value is -0.860. The highest BCUT2D eigenvalue weighted by Gasteiger charge is 2.18. The van der Waals surface area contributed by atoms with Crippen LogP contribution in [0.1, 0.15) is 49.9 Å². The quantitative estimate of drug-likeness (QED) is 0.663. The zero-order valence-corrected chi connectivity index (χ0v) is 12.6. The summed E-state index contributed by atoms with van der Waals surface area (Å²) < 4.78 is 5.61. The largest absolute Gasteiger partial charge is 0.380 e. The van der Waals surface area contributed by atoms with E-state index in [-0.39, 0.29) is 0 Å². The average Bonchev–Trinajstić information content (AvgIpc) is 2.40. The number of aryl methyl sites for hydroxylation is 2. The van der Waals surface area contributed by atoms with Crippen molar-refractivity contribution in [2.75, 3.05) is 26.3 Å². The second-order valence-electron chi connectivity index (χ2n) is 5.45. The molecule has 0 saturated carbocycles. The van der Waals surface area contributed by atoms with Crippen LogP contribution in [0.2, 0.25) is 0 Å². The van der Waals surface area contributed by atoms with Crippen molar-refractivity contribution in [2.24, 2.45) is 0 Å². The molecule has 1 aromatic carbocycles. The minimum atomic E-state index is 0.487. The number of hydrogen-bond acceptors (Lipinski definition) is 2. The molecule has 0 spiro atoms. The minimum absolute atomic E-state index is 0.487. The number of likely N-dealkylation sites (N-methyl/N-ethyl adjacent to an activating group) is 1. The molecule has 19 heavy (non-hydrogen) atoms. The Balaban J connectivity index is 1.91. The molecule has 1 aliphatic carbocycles. The molecule has 0 amide bonds. The van der Waals surface area contributed by atoms with Crippen molar-refractivity contribution in [3.8, 4) is 0 Å². The Kier molecular flexibility index (Phi) is 5.41. The van der Waals surface area contributed by atoms with Crippen LogP contribution in [0.3, 0.4) is 0 Å². The molecule has 0 radical (unpaired) electrons. The predicted molar refractivity (Wildman–Crippen MR) is 80.6 cm³/mol. The maximum absolute atomic E-state index is 5.61. The second kappa shape index (κ2) is 7.06. The first-order valence-corrected chi connectivity index (χ1v) is 7.69. The van der Waals surface area contributed by atoms with Crippen molar-refractivity contribution in [1.29, 1.82) is 0 Å². The Morgan fingerprint density at radius 3 is 2.53 bits per heavy atom. The molecule has 0 aliphatic heterocycles. The number of ether oxygens (including phenoxy) is 1. The van der Waals surface area contributed by atoms with E-state index in [1.54, 1.807) is 11.1 Å².